The maximum Gasteiger partial charge on any atom is 0.322 e. The molecule has 1 fully saturated rings. The molecule has 1 saturated heterocycles. The molecule has 4 aromatic rings. The van der Waals surface area contributed by atoms with E-state index in [1.807, 2.05) is 18.2 Å². The van der Waals surface area contributed by atoms with Gasteiger partial charge in [-0.15, -0.1) is 0 Å². The Hall–Kier alpha value is -4.06. The number of halogens is 2. The predicted octanol–water partition coefficient (Wildman–Crippen LogP) is 6.07. The molecule has 0 aliphatic carbocycles. The van der Waals surface area contributed by atoms with Gasteiger partial charge in [-0.1, -0.05) is 19.1 Å². The van der Waals surface area contributed by atoms with Crippen LogP contribution in [0.1, 0.15) is 53.6 Å². The summed E-state index contributed by atoms with van der Waals surface area (Å²) in [4.78, 5) is 27.0. The number of benzene rings is 2. The van der Waals surface area contributed by atoms with Crippen molar-refractivity contribution in [2.45, 2.75) is 45.4 Å². The lowest BCUT2D eigenvalue weighted by atomic mass is 9.88. The second-order valence-electron chi connectivity index (χ2n) is 11.7. The number of piperazine rings is 1. The number of H-pyrrole nitrogens is 1. The first kappa shape index (κ1) is 30.0. The number of hydrogen-bond donors (Lipinski definition) is 3. The predicted molar refractivity (Wildman–Crippen MR) is 165 cm³/mol. The van der Waals surface area contributed by atoms with Crippen LogP contribution in [0.3, 0.4) is 0 Å². The average molecular weight is 605 g/mol. The lowest BCUT2D eigenvalue weighted by Crippen LogP contribution is -2.44. The fourth-order valence-electron chi connectivity index (χ4n) is 6.15. The number of carbonyl (C=O) groups excluding carboxylic acids is 1. The molecular formula is C33H38F2N6O3. The maximum absolute atomic E-state index is 14.1. The van der Waals surface area contributed by atoms with Crippen molar-refractivity contribution in [3.63, 3.8) is 0 Å². The number of anilines is 1. The van der Waals surface area contributed by atoms with Gasteiger partial charge >= 0.3 is 6.03 Å². The zero-order valence-electron chi connectivity index (χ0n) is 25.0. The highest BCUT2D eigenvalue weighted by molar-refractivity contribution is 5.90. The van der Waals surface area contributed by atoms with Gasteiger partial charge in [0.05, 0.1) is 12.0 Å². The number of alkyl halides is 2. The van der Waals surface area contributed by atoms with E-state index in [4.69, 9.17) is 4.74 Å². The summed E-state index contributed by atoms with van der Waals surface area (Å²) in [5, 5.41) is 13.1. The monoisotopic (exact) mass is 604 g/mol. The number of fused-ring (bicyclic) bond motifs is 2. The highest BCUT2D eigenvalue weighted by Gasteiger charge is 2.28. The second kappa shape index (κ2) is 12.9. The Labute approximate surface area is 255 Å². The third-order valence-corrected chi connectivity index (χ3v) is 8.70. The molecule has 0 spiro atoms. The van der Waals surface area contributed by atoms with Crippen molar-refractivity contribution < 1.29 is 23.4 Å². The van der Waals surface area contributed by atoms with Crippen molar-refractivity contribution >= 4 is 22.8 Å². The minimum atomic E-state index is -2.64. The van der Waals surface area contributed by atoms with Gasteiger partial charge < -0.3 is 29.9 Å². The standard InChI is InChI=1S/C33H38F2N6O3/c1-3-21-18-41(33(43)38-24-5-4-22(28(15-24)31(34)35)17-40-12-10-39(2)11-13-40)19-23-14-26(6-7-27(21)23)44-30-8-9-36-32-29(30)16-25(20-42)37-32/h4-9,14-16,21,31,42H,3,10-13,17-20H2,1-2H3,(H,36,37)(H,38,43)/t21-/m1/s1. The van der Waals surface area contributed by atoms with Gasteiger partial charge in [-0.3, -0.25) is 4.90 Å². The molecule has 0 saturated carbocycles. The minimum Gasteiger partial charge on any atom is -0.457 e. The van der Waals surface area contributed by atoms with E-state index in [1.165, 1.54) is 11.6 Å². The summed E-state index contributed by atoms with van der Waals surface area (Å²) in [5.74, 6) is 1.36. The topological polar surface area (TPSA) is 97.0 Å². The van der Waals surface area contributed by atoms with Crippen LogP contribution in [0.5, 0.6) is 11.5 Å². The Morgan fingerprint density at radius 3 is 2.70 bits per heavy atom. The number of nitrogens with one attached hydrogen (secondary N) is 2. The van der Waals surface area contributed by atoms with Crippen molar-refractivity contribution in [3.05, 3.63) is 82.7 Å². The van der Waals surface area contributed by atoms with E-state index in [0.29, 0.717) is 53.7 Å². The van der Waals surface area contributed by atoms with Gasteiger partial charge in [0.25, 0.3) is 6.43 Å². The maximum atomic E-state index is 14.1. The molecule has 0 radical (unpaired) electrons. The number of hydrogen-bond acceptors (Lipinski definition) is 6. The smallest absolute Gasteiger partial charge is 0.322 e. The molecule has 0 bridgehead atoms. The number of aliphatic hydroxyl groups is 1. The number of likely N-dealkylation sites (N-methyl/N-ethyl adjacent to an activating group) is 1. The lowest BCUT2D eigenvalue weighted by Gasteiger charge is -2.34. The summed E-state index contributed by atoms with van der Waals surface area (Å²) in [6, 6.07) is 14.0. The summed E-state index contributed by atoms with van der Waals surface area (Å²) < 4.78 is 34.4. The number of aromatic amines is 1. The Bertz CT molecular complexity index is 1640. The molecule has 44 heavy (non-hydrogen) atoms. The molecule has 2 aromatic carbocycles. The number of rotatable bonds is 8. The van der Waals surface area contributed by atoms with Gasteiger partial charge in [-0.25, -0.2) is 18.6 Å². The van der Waals surface area contributed by atoms with Gasteiger partial charge in [0, 0.05) is 74.9 Å². The first-order chi connectivity index (χ1) is 21.3. The second-order valence-corrected chi connectivity index (χ2v) is 11.7. The number of carbonyl (C=O) groups is 1. The van der Waals surface area contributed by atoms with Crippen LogP contribution in [0.4, 0.5) is 19.3 Å². The van der Waals surface area contributed by atoms with Gasteiger partial charge in [-0.05, 0) is 66.6 Å². The molecule has 6 rings (SSSR count). The molecule has 0 unspecified atom stereocenters. The molecule has 232 valence electrons. The van der Waals surface area contributed by atoms with Crippen molar-refractivity contribution in [2.75, 3.05) is 45.1 Å². The van der Waals surface area contributed by atoms with E-state index in [1.54, 1.807) is 29.3 Å². The van der Waals surface area contributed by atoms with Gasteiger partial charge in [-0.2, -0.15) is 0 Å². The third-order valence-electron chi connectivity index (χ3n) is 8.70. The van der Waals surface area contributed by atoms with Crippen molar-refractivity contribution in [3.8, 4) is 11.5 Å². The number of ether oxygens (including phenoxy) is 1. The molecular weight excluding hydrogens is 566 g/mol. The molecule has 2 aliphatic heterocycles. The van der Waals surface area contributed by atoms with E-state index in [0.717, 1.165) is 43.5 Å². The summed E-state index contributed by atoms with van der Waals surface area (Å²) in [5.41, 5.74) is 4.32. The Morgan fingerprint density at radius 2 is 1.95 bits per heavy atom. The van der Waals surface area contributed by atoms with E-state index in [2.05, 4.69) is 45.1 Å². The van der Waals surface area contributed by atoms with Crippen molar-refractivity contribution in [1.29, 1.82) is 0 Å². The SMILES string of the molecule is CC[C@@H]1CN(C(=O)Nc2ccc(CN3CCN(C)CC3)c(C(F)F)c2)Cc2cc(Oc3ccnc4[nH]c(CO)cc34)ccc21. The van der Waals surface area contributed by atoms with Gasteiger partial charge in [0.1, 0.15) is 17.1 Å². The normalized spacial score (nSPS) is 17.7. The van der Waals surface area contributed by atoms with Gasteiger partial charge in [0.2, 0.25) is 0 Å². The van der Waals surface area contributed by atoms with Crippen LogP contribution in [0.2, 0.25) is 0 Å². The fourth-order valence-corrected chi connectivity index (χ4v) is 6.15. The average Bonchev–Trinajstić information content (AvgIpc) is 3.47. The molecule has 2 aromatic heterocycles. The van der Waals surface area contributed by atoms with E-state index in [-0.39, 0.29) is 24.1 Å². The first-order valence-electron chi connectivity index (χ1n) is 15.1. The van der Waals surface area contributed by atoms with Crippen LogP contribution >= 0.6 is 0 Å². The molecule has 11 heteroatoms. The van der Waals surface area contributed by atoms with Crippen LogP contribution in [0.25, 0.3) is 11.0 Å². The molecule has 2 amide bonds. The quantitative estimate of drug-likeness (QED) is 0.226. The Morgan fingerprint density at radius 1 is 1.14 bits per heavy atom. The molecule has 3 N–H and O–H groups in total. The number of aromatic nitrogens is 2. The highest BCUT2D eigenvalue weighted by Crippen LogP contribution is 2.36. The van der Waals surface area contributed by atoms with Crippen LogP contribution in [0, 0.1) is 0 Å². The number of aliphatic hydroxyl groups excluding tert-OH is 1. The largest absolute Gasteiger partial charge is 0.457 e. The number of nitrogens with zero attached hydrogens (tertiary/aromatic N) is 4. The highest BCUT2D eigenvalue weighted by atomic mass is 19.3. The number of amides is 2. The molecule has 9 nitrogen and oxygen atoms in total. The number of pyridine rings is 1. The zero-order chi connectivity index (χ0) is 30.8. The van der Waals surface area contributed by atoms with Gasteiger partial charge in [0.15, 0.2) is 0 Å². The van der Waals surface area contributed by atoms with E-state index in [9.17, 15) is 18.7 Å². The summed E-state index contributed by atoms with van der Waals surface area (Å²) >= 11 is 0. The van der Waals surface area contributed by atoms with Crippen molar-refractivity contribution in [2.24, 2.45) is 0 Å². The van der Waals surface area contributed by atoms with Crippen molar-refractivity contribution in [1.82, 2.24) is 24.7 Å². The minimum absolute atomic E-state index is 0.0438. The van der Waals surface area contributed by atoms with Crippen LogP contribution in [-0.2, 0) is 19.7 Å². The lowest BCUT2D eigenvalue weighted by molar-refractivity contribution is 0.136. The molecule has 2 aliphatic rings. The van der Waals surface area contributed by atoms with E-state index < -0.39 is 6.43 Å². The fraction of sp³-hybridized carbons (Fsp3) is 0.394. The summed E-state index contributed by atoms with van der Waals surface area (Å²) in [6.45, 7) is 6.81. The summed E-state index contributed by atoms with van der Waals surface area (Å²) in [6.07, 6.45) is -0.154. The molecule has 1 atom stereocenters. The zero-order valence-corrected chi connectivity index (χ0v) is 25.0. The van der Waals surface area contributed by atoms with Crippen LogP contribution < -0.4 is 10.1 Å². The summed E-state index contributed by atoms with van der Waals surface area (Å²) in [7, 11) is 2.06. The van der Waals surface area contributed by atoms with Crippen LogP contribution in [0.15, 0.2) is 54.7 Å². The Kier molecular flexibility index (Phi) is 8.79. The van der Waals surface area contributed by atoms with E-state index >= 15 is 0 Å². The first-order valence-corrected chi connectivity index (χ1v) is 15.1. The third kappa shape index (κ3) is 6.40. The molecule has 4 heterocycles. The number of urea groups is 1. The van der Waals surface area contributed by atoms with Crippen LogP contribution in [-0.4, -0.2) is 75.6 Å². The Balaban J connectivity index is 1.17.